The molecule has 4 rings (SSSR count). The number of carbonyl (C=O) groups is 1. The molecule has 1 aromatic carbocycles. The first-order valence-corrected chi connectivity index (χ1v) is 10.2. The second kappa shape index (κ2) is 8.94. The number of ketones is 1. The van der Waals surface area contributed by atoms with Crippen LogP contribution in [0.5, 0.6) is 0 Å². The molecule has 1 aliphatic carbocycles. The number of anilines is 1. The monoisotopic (exact) mass is 390 g/mol. The topological polar surface area (TPSA) is 76.8 Å². The summed E-state index contributed by atoms with van der Waals surface area (Å²) in [6.07, 6.45) is 8.70. The van der Waals surface area contributed by atoms with E-state index in [0.717, 1.165) is 42.4 Å². The summed E-state index contributed by atoms with van der Waals surface area (Å²) in [7, 11) is 0. The first-order chi connectivity index (χ1) is 14.2. The van der Waals surface area contributed by atoms with Crippen molar-refractivity contribution >= 4 is 11.6 Å². The summed E-state index contributed by atoms with van der Waals surface area (Å²) < 4.78 is 1.77. The summed E-state index contributed by atoms with van der Waals surface area (Å²) in [6, 6.07) is 9.87. The van der Waals surface area contributed by atoms with Crippen molar-refractivity contribution in [1.29, 1.82) is 0 Å². The number of benzene rings is 1. The standard InChI is InChI=1S/C22H26N6O/c1-2-9-27(12-18-7-8-18)22-11-20(24-15-25-22)21(29)10-17-3-5-19(6-4-17)13-28-16-23-14-26-28/h3-6,11,14-16,18H,2,7-10,12-13H2,1H3. The molecule has 7 nitrogen and oxygen atoms in total. The lowest BCUT2D eigenvalue weighted by atomic mass is 10.0. The molecule has 1 fully saturated rings. The molecule has 0 amide bonds. The Morgan fingerprint density at radius 3 is 2.62 bits per heavy atom. The van der Waals surface area contributed by atoms with Gasteiger partial charge in [0.25, 0.3) is 0 Å². The van der Waals surface area contributed by atoms with Gasteiger partial charge in [-0.3, -0.25) is 4.79 Å². The molecule has 2 heterocycles. The fourth-order valence-electron chi connectivity index (χ4n) is 3.39. The Balaban J connectivity index is 1.41. The maximum absolute atomic E-state index is 12.8. The van der Waals surface area contributed by atoms with Crippen molar-refractivity contribution in [3.8, 4) is 0 Å². The summed E-state index contributed by atoms with van der Waals surface area (Å²) in [5.41, 5.74) is 2.57. The van der Waals surface area contributed by atoms with Crippen molar-refractivity contribution in [2.24, 2.45) is 5.92 Å². The smallest absolute Gasteiger partial charge is 0.185 e. The minimum Gasteiger partial charge on any atom is -0.356 e. The van der Waals surface area contributed by atoms with Crippen LogP contribution in [0.15, 0.2) is 49.3 Å². The number of aromatic nitrogens is 5. The van der Waals surface area contributed by atoms with Crippen LogP contribution < -0.4 is 4.90 Å². The Kier molecular flexibility index (Phi) is 5.93. The van der Waals surface area contributed by atoms with E-state index in [0.29, 0.717) is 18.7 Å². The number of hydrogen-bond acceptors (Lipinski definition) is 6. The van der Waals surface area contributed by atoms with Gasteiger partial charge in [0, 0.05) is 25.6 Å². The van der Waals surface area contributed by atoms with Gasteiger partial charge in [-0.15, -0.1) is 0 Å². The van der Waals surface area contributed by atoms with Gasteiger partial charge in [-0.05, 0) is 36.3 Å². The van der Waals surface area contributed by atoms with E-state index in [1.807, 2.05) is 30.3 Å². The van der Waals surface area contributed by atoms with E-state index in [9.17, 15) is 4.79 Å². The summed E-state index contributed by atoms with van der Waals surface area (Å²) >= 11 is 0. The van der Waals surface area contributed by atoms with Gasteiger partial charge in [0.15, 0.2) is 5.78 Å². The average molecular weight is 390 g/mol. The Morgan fingerprint density at radius 2 is 1.93 bits per heavy atom. The number of Topliss-reactive ketones (excluding diaryl/α,β-unsaturated/α-hetero) is 1. The first-order valence-electron chi connectivity index (χ1n) is 10.2. The lowest BCUT2D eigenvalue weighted by molar-refractivity contribution is 0.0988. The summed E-state index contributed by atoms with van der Waals surface area (Å²) in [5.74, 6) is 1.65. The highest BCUT2D eigenvalue weighted by Crippen LogP contribution is 2.31. The van der Waals surface area contributed by atoms with Crippen molar-refractivity contribution in [2.75, 3.05) is 18.0 Å². The van der Waals surface area contributed by atoms with Crippen LogP contribution in [0.3, 0.4) is 0 Å². The van der Waals surface area contributed by atoms with Crippen LogP contribution in [0.25, 0.3) is 0 Å². The molecule has 0 saturated heterocycles. The zero-order valence-corrected chi connectivity index (χ0v) is 16.7. The lowest BCUT2D eigenvalue weighted by Gasteiger charge is -2.23. The van der Waals surface area contributed by atoms with Gasteiger partial charge in [0.2, 0.25) is 0 Å². The highest BCUT2D eigenvalue weighted by molar-refractivity contribution is 5.96. The van der Waals surface area contributed by atoms with Crippen LogP contribution in [0.2, 0.25) is 0 Å². The van der Waals surface area contributed by atoms with Crippen molar-refractivity contribution in [2.45, 2.75) is 39.2 Å². The molecule has 150 valence electrons. The largest absolute Gasteiger partial charge is 0.356 e. The molecule has 0 N–H and O–H groups in total. The molecule has 0 radical (unpaired) electrons. The Hall–Kier alpha value is -3.09. The third-order valence-electron chi connectivity index (χ3n) is 5.13. The van der Waals surface area contributed by atoms with Crippen LogP contribution >= 0.6 is 0 Å². The molecule has 7 heteroatoms. The summed E-state index contributed by atoms with van der Waals surface area (Å²) in [4.78, 5) is 27.7. The van der Waals surface area contributed by atoms with Gasteiger partial charge in [0.1, 0.15) is 30.5 Å². The number of hydrogen-bond donors (Lipinski definition) is 0. The number of nitrogens with zero attached hydrogens (tertiary/aromatic N) is 6. The second-order valence-corrected chi connectivity index (χ2v) is 7.66. The van der Waals surface area contributed by atoms with E-state index >= 15 is 0 Å². The number of carbonyl (C=O) groups excluding carboxylic acids is 1. The van der Waals surface area contributed by atoms with Crippen molar-refractivity contribution < 1.29 is 4.79 Å². The molecule has 3 aromatic rings. The van der Waals surface area contributed by atoms with Crippen LogP contribution in [-0.2, 0) is 13.0 Å². The van der Waals surface area contributed by atoms with E-state index in [2.05, 4.69) is 31.9 Å². The fourth-order valence-corrected chi connectivity index (χ4v) is 3.39. The highest BCUT2D eigenvalue weighted by atomic mass is 16.1. The van der Waals surface area contributed by atoms with Gasteiger partial charge in [-0.1, -0.05) is 31.2 Å². The normalized spacial score (nSPS) is 13.4. The van der Waals surface area contributed by atoms with Crippen LogP contribution in [0, 0.1) is 5.92 Å². The Morgan fingerprint density at radius 1 is 1.14 bits per heavy atom. The van der Waals surface area contributed by atoms with Crippen molar-refractivity contribution in [1.82, 2.24) is 24.7 Å². The third kappa shape index (κ3) is 5.25. The molecule has 2 aromatic heterocycles. The fraction of sp³-hybridized carbons (Fsp3) is 0.409. The van der Waals surface area contributed by atoms with E-state index in [1.54, 1.807) is 11.0 Å². The van der Waals surface area contributed by atoms with Gasteiger partial charge in [0.05, 0.1) is 6.54 Å². The third-order valence-corrected chi connectivity index (χ3v) is 5.13. The first kappa shape index (κ1) is 19.2. The Labute approximate surface area is 170 Å². The molecule has 1 aliphatic rings. The minimum absolute atomic E-state index is 0.0144. The van der Waals surface area contributed by atoms with Crippen LogP contribution in [0.4, 0.5) is 5.82 Å². The molecule has 0 spiro atoms. The maximum atomic E-state index is 12.8. The van der Waals surface area contributed by atoms with Gasteiger partial charge < -0.3 is 4.90 Å². The van der Waals surface area contributed by atoms with Gasteiger partial charge >= 0.3 is 0 Å². The Bertz CT molecular complexity index is 934. The molecule has 0 atom stereocenters. The second-order valence-electron chi connectivity index (χ2n) is 7.66. The van der Waals surface area contributed by atoms with Gasteiger partial charge in [-0.2, -0.15) is 5.10 Å². The maximum Gasteiger partial charge on any atom is 0.185 e. The molecular formula is C22H26N6O. The van der Waals surface area contributed by atoms with E-state index in [-0.39, 0.29) is 5.78 Å². The van der Waals surface area contributed by atoms with Crippen LogP contribution in [0.1, 0.15) is 47.8 Å². The minimum atomic E-state index is 0.0144. The molecule has 0 unspecified atom stereocenters. The van der Waals surface area contributed by atoms with Crippen LogP contribution in [-0.4, -0.2) is 43.6 Å². The zero-order chi connectivity index (χ0) is 20.1. The summed E-state index contributed by atoms with van der Waals surface area (Å²) in [6.45, 7) is 4.80. The summed E-state index contributed by atoms with van der Waals surface area (Å²) in [5, 5.41) is 4.11. The molecule has 1 saturated carbocycles. The SMILES string of the molecule is CCCN(CC1CC1)c1cc(C(=O)Cc2ccc(Cn3cncn3)cc2)ncn1. The predicted molar refractivity (Wildman–Crippen MR) is 111 cm³/mol. The van der Waals surface area contributed by atoms with E-state index in [4.69, 9.17) is 0 Å². The quantitative estimate of drug-likeness (QED) is 0.495. The zero-order valence-electron chi connectivity index (χ0n) is 16.7. The average Bonchev–Trinajstić information content (AvgIpc) is 3.42. The molecule has 29 heavy (non-hydrogen) atoms. The van der Waals surface area contributed by atoms with Gasteiger partial charge in [-0.25, -0.2) is 19.6 Å². The van der Waals surface area contributed by atoms with Crippen molar-refractivity contribution in [3.63, 3.8) is 0 Å². The van der Waals surface area contributed by atoms with E-state index < -0.39 is 0 Å². The predicted octanol–water partition coefficient (Wildman–Crippen LogP) is 3.17. The molecular weight excluding hydrogens is 364 g/mol. The molecule has 0 aliphatic heterocycles. The van der Waals surface area contributed by atoms with Crippen molar-refractivity contribution in [3.05, 3.63) is 66.1 Å². The van der Waals surface area contributed by atoms with E-state index in [1.165, 1.54) is 25.5 Å². The lowest BCUT2D eigenvalue weighted by Crippen LogP contribution is -2.27. The number of rotatable bonds is 10. The highest BCUT2D eigenvalue weighted by Gasteiger charge is 2.25. The molecule has 0 bridgehead atoms.